The highest BCUT2D eigenvalue weighted by molar-refractivity contribution is 8.18. The Morgan fingerprint density at radius 1 is 1.25 bits per heavy atom. The van der Waals surface area contributed by atoms with Gasteiger partial charge in [-0.25, -0.2) is 0 Å². The average Bonchev–Trinajstić information content (AvgIpc) is 3.12. The van der Waals surface area contributed by atoms with Gasteiger partial charge in [0, 0.05) is 30.4 Å². The number of nitrogens with one attached hydrogen (secondary N) is 1. The van der Waals surface area contributed by atoms with Crippen LogP contribution in [-0.4, -0.2) is 38.5 Å². The number of carbonyl (C=O) groups is 2. The molecular formula is C17H20N2O4S. The number of imide groups is 1. The van der Waals surface area contributed by atoms with Crippen molar-refractivity contribution >= 4 is 34.7 Å². The number of rotatable bonds is 4. The van der Waals surface area contributed by atoms with Gasteiger partial charge in [-0.1, -0.05) is 6.92 Å². The zero-order valence-corrected chi connectivity index (χ0v) is 14.7. The molecule has 128 valence electrons. The molecule has 3 rings (SSSR count). The first-order chi connectivity index (χ1) is 11.5. The third kappa shape index (κ3) is 3.21. The van der Waals surface area contributed by atoms with Crippen molar-refractivity contribution < 1.29 is 19.1 Å². The molecule has 0 radical (unpaired) electrons. The molecule has 2 aliphatic heterocycles. The summed E-state index contributed by atoms with van der Waals surface area (Å²) < 4.78 is 10.8. The molecule has 1 atom stereocenters. The number of amides is 2. The second-order valence-corrected chi connectivity index (χ2v) is 6.97. The number of methoxy groups -OCH3 is 2. The van der Waals surface area contributed by atoms with E-state index in [2.05, 4.69) is 17.1 Å². The molecule has 0 spiro atoms. The van der Waals surface area contributed by atoms with E-state index in [-0.39, 0.29) is 11.1 Å². The largest absolute Gasteiger partial charge is 0.493 e. The summed E-state index contributed by atoms with van der Waals surface area (Å²) in [7, 11) is 3.18. The molecule has 2 fully saturated rings. The van der Waals surface area contributed by atoms with Crippen molar-refractivity contribution in [1.29, 1.82) is 0 Å². The Balaban J connectivity index is 2.06. The number of thioether (sulfide) groups is 1. The summed E-state index contributed by atoms with van der Waals surface area (Å²) >= 11 is 0.915. The maximum absolute atomic E-state index is 11.9. The van der Waals surface area contributed by atoms with Crippen LogP contribution in [0, 0.1) is 5.92 Å². The van der Waals surface area contributed by atoms with Crippen LogP contribution in [0.1, 0.15) is 18.9 Å². The van der Waals surface area contributed by atoms with Gasteiger partial charge in [-0.2, -0.15) is 0 Å². The third-order valence-electron chi connectivity index (χ3n) is 4.23. The predicted octanol–water partition coefficient (Wildman–Crippen LogP) is 2.87. The first-order valence-corrected chi connectivity index (χ1v) is 8.59. The van der Waals surface area contributed by atoms with E-state index in [9.17, 15) is 9.59 Å². The standard InChI is InChI=1S/C17H20N2O4S/c1-10-4-5-19(9-10)12-8-14(23-3)13(22-2)6-11(12)7-15-16(20)18-17(21)24-15/h6-8,10H,4-5,9H2,1-3H3,(H,18,20,21)/b15-7-/t10-/m1/s1. The number of nitrogens with zero attached hydrogens (tertiary/aromatic N) is 1. The van der Waals surface area contributed by atoms with Gasteiger partial charge in [0.05, 0.1) is 19.1 Å². The van der Waals surface area contributed by atoms with Crippen LogP contribution >= 0.6 is 11.8 Å². The second kappa shape index (κ2) is 6.76. The summed E-state index contributed by atoms with van der Waals surface area (Å²) in [4.78, 5) is 25.9. The van der Waals surface area contributed by atoms with Crippen LogP contribution in [0.3, 0.4) is 0 Å². The molecule has 0 unspecified atom stereocenters. The maximum Gasteiger partial charge on any atom is 0.290 e. The van der Waals surface area contributed by atoms with E-state index in [0.717, 1.165) is 42.5 Å². The van der Waals surface area contributed by atoms with Crippen LogP contribution in [0.4, 0.5) is 10.5 Å². The lowest BCUT2D eigenvalue weighted by atomic mass is 10.1. The minimum atomic E-state index is -0.361. The van der Waals surface area contributed by atoms with Gasteiger partial charge in [0.2, 0.25) is 0 Å². The molecule has 7 heteroatoms. The van der Waals surface area contributed by atoms with Crippen molar-refractivity contribution in [1.82, 2.24) is 5.32 Å². The Labute approximate surface area is 145 Å². The Kier molecular flexibility index (Phi) is 4.71. The molecule has 2 heterocycles. The van der Waals surface area contributed by atoms with Crippen molar-refractivity contribution in [2.45, 2.75) is 13.3 Å². The Morgan fingerprint density at radius 3 is 2.50 bits per heavy atom. The van der Waals surface area contributed by atoms with Crippen LogP contribution in [0.15, 0.2) is 17.0 Å². The van der Waals surface area contributed by atoms with Crippen LogP contribution in [0.25, 0.3) is 6.08 Å². The fourth-order valence-corrected chi connectivity index (χ4v) is 3.66. The van der Waals surface area contributed by atoms with Crippen LogP contribution in [0.5, 0.6) is 11.5 Å². The number of benzene rings is 1. The molecule has 0 bridgehead atoms. The fourth-order valence-electron chi connectivity index (χ4n) is 2.99. The second-order valence-electron chi connectivity index (χ2n) is 5.96. The van der Waals surface area contributed by atoms with E-state index in [4.69, 9.17) is 9.47 Å². The van der Waals surface area contributed by atoms with Crippen molar-refractivity contribution in [3.63, 3.8) is 0 Å². The normalized spacial score (nSPS) is 22.2. The van der Waals surface area contributed by atoms with E-state index in [1.54, 1.807) is 20.3 Å². The highest BCUT2D eigenvalue weighted by Crippen LogP contribution is 2.39. The van der Waals surface area contributed by atoms with Gasteiger partial charge in [0.1, 0.15) is 0 Å². The van der Waals surface area contributed by atoms with E-state index < -0.39 is 0 Å². The van der Waals surface area contributed by atoms with E-state index in [1.165, 1.54) is 0 Å². The zero-order chi connectivity index (χ0) is 17.3. The summed E-state index contributed by atoms with van der Waals surface area (Å²) in [6.07, 6.45) is 2.86. The van der Waals surface area contributed by atoms with Gasteiger partial charge in [-0.05, 0) is 36.2 Å². The van der Waals surface area contributed by atoms with Gasteiger partial charge >= 0.3 is 0 Å². The lowest BCUT2D eigenvalue weighted by molar-refractivity contribution is -0.115. The topological polar surface area (TPSA) is 67.9 Å². The van der Waals surface area contributed by atoms with Gasteiger partial charge in [0.15, 0.2) is 11.5 Å². The smallest absolute Gasteiger partial charge is 0.290 e. The molecule has 2 saturated heterocycles. The number of ether oxygens (including phenoxy) is 2. The van der Waals surface area contributed by atoms with Crippen LogP contribution < -0.4 is 19.7 Å². The summed E-state index contributed by atoms with van der Waals surface area (Å²) in [5.74, 6) is 1.49. The van der Waals surface area contributed by atoms with Gasteiger partial charge in [-0.3, -0.25) is 14.9 Å². The summed E-state index contributed by atoms with van der Waals surface area (Å²) in [6, 6.07) is 3.78. The Bertz CT molecular complexity index is 717. The number of anilines is 1. The minimum Gasteiger partial charge on any atom is -0.493 e. The maximum atomic E-state index is 11.9. The lowest BCUT2D eigenvalue weighted by Gasteiger charge is -2.23. The molecule has 24 heavy (non-hydrogen) atoms. The number of hydrogen-bond acceptors (Lipinski definition) is 6. The Morgan fingerprint density at radius 2 is 1.96 bits per heavy atom. The highest BCUT2D eigenvalue weighted by Gasteiger charge is 2.27. The average molecular weight is 348 g/mol. The van der Waals surface area contributed by atoms with Gasteiger partial charge in [-0.15, -0.1) is 0 Å². The van der Waals surface area contributed by atoms with Crippen molar-refractivity contribution in [3.05, 3.63) is 22.6 Å². The zero-order valence-electron chi connectivity index (χ0n) is 13.9. The predicted molar refractivity (Wildman–Crippen MR) is 94.6 cm³/mol. The summed E-state index contributed by atoms with van der Waals surface area (Å²) in [5, 5.41) is 1.94. The summed E-state index contributed by atoms with van der Waals surface area (Å²) in [5.41, 5.74) is 1.83. The third-order valence-corrected chi connectivity index (χ3v) is 5.04. The van der Waals surface area contributed by atoms with Crippen LogP contribution in [-0.2, 0) is 4.79 Å². The first-order valence-electron chi connectivity index (χ1n) is 7.77. The van der Waals surface area contributed by atoms with Gasteiger partial charge < -0.3 is 14.4 Å². The van der Waals surface area contributed by atoms with E-state index in [0.29, 0.717) is 22.3 Å². The number of hydrogen-bond donors (Lipinski definition) is 1. The monoisotopic (exact) mass is 348 g/mol. The quantitative estimate of drug-likeness (QED) is 0.844. The molecule has 1 aromatic carbocycles. The molecule has 1 N–H and O–H groups in total. The van der Waals surface area contributed by atoms with E-state index >= 15 is 0 Å². The fraction of sp³-hybridized carbons (Fsp3) is 0.412. The number of carbonyl (C=O) groups excluding carboxylic acids is 2. The van der Waals surface area contributed by atoms with Crippen molar-refractivity contribution in [2.75, 3.05) is 32.2 Å². The molecular weight excluding hydrogens is 328 g/mol. The molecule has 0 aromatic heterocycles. The molecule has 2 amide bonds. The molecule has 2 aliphatic rings. The molecule has 6 nitrogen and oxygen atoms in total. The molecule has 1 aromatic rings. The molecule has 0 aliphatic carbocycles. The molecule has 0 saturated carbocycles. The van der Waals surface area contributed by atoms with Crippen LogP contribution in [0.2, 0.25) is 0 Å². The Hall–Kier alpha value is -2.15. The van der Waals surface area contributed by atoms with Gasteiger partial charge in [0.25, 0.3) is 11.1 Å². The van der Waals surface area contributed by atoms with Crippen molar-refractivity contribution in [2.24, 2.45) is 5.92 Å². The minimum absolute atomic E-state index is 0.344. The highest BCUT2D eigenvalue weighted by atomic mass is 32.2. The lowest BCUT2D eigenvalue weighted by Crippen LogP contribution is -2.20. The first kappa shape index (κ1) is 16.7. The van der Waals surface area contributed by atoms with E-state index in [1.807, 2.05) is 12.1 Å². The van der Waals surface area contributed by atoms with Crippen molar-refractivity contribution in [3.8, 4) is 11.5 Å². The summed E-state index contributed by atoms with van der Waals surface area (Å²) in [6.45, 7) is 4.12. The SMILES string of the molecule is COc1cc(/C=C2\SC(=O)NC2=O)c(N2CC[C@@H](C)C2)cc1OC.